The lowest BCUT2D eigenvalue weighted by Crippen LogP contribution is -2.32. The molecule has 17 heavy (non-hydrogen) atoms. The molecule has 0 radical (unpaired) electrons. The Morgan fingerprint density at radius 1 is 1.59 bits per heavy atom. The molecule has 0 aromatic carbocycles. The molecular formula is C12H19N3O2. The maximum absolute atomic E-state index is 12.0. The summed E-state index contributed by atoms with van der Waals surface area (Å²) in [5.41, 5.74) is 5.55. The molecule has 3 N–H and O–H groups in total. The number of carbonyl (C=O) groups excluding carboxylic acids is 1. The Bertz CT molecular complexity index is 391. The second-order valence-corrected chi connectivity index (χ2v) is 4.44. The molecule has 0 aliphatic carbocycles. The minimum absolute atomic E-state index is 0.0887. The Morgan fingerprint density at radius 3 is 2.88 bits per heavy atom. The molecular weight excluding hydrogens is 218 g/mol. The van der Waals surface area contributed by atoms with Crippen LogP contribution in [0.5, 0.6) is 5.88 Å². The molecule has 1 heterocycles. The van der Waals surface area contributed by atoms with Crippen molar-refractivity contribution < 1.29 is 9.53 Å². The Morgan fingerprint density at radius 2 is 2.29 bits per heavy atom. The quantitative estimate of drug-likeness (QED) is 0.811. The maximum Gasteiger partial charge on any atom is 0.237 e. The van der Waals surface area contributed by atoms with Crippen molar-refractivity contribution in [3.63, 3.8) is 0 Å². The predicted molar refractivity (Wildman–Crippen MR) is 66.9 cm³/mol. The molecule has 5 nitrogen and oxygen atoms in total. The van der Waals surface area contributed by atoms with Gasteiger partial charge in [0, 0.05) is 11.6 Å². The van der Waals surface area contributed by atoms with E-state index in [1.165, 1.54) is 7.11 Å². The van der Waals surface area contributed by atoms with Gasteiger partial charge in [-0.3, -0.25) is 4.79 Å². The Hall–Kier alpha value is -1.62. The van der Waals surface area contributed by atoms with Crippen LogP contribution in [0.1, 0.15) is 20.3 Å². The van der Waals surface area contributed by atoms with Gasteiger partial charge in [0.15, 0.2) is 0 Å². The number of nitrogens with two attached hydrogens (primary N) is 1. The third-order valence-electron chi connectivity index (χ3n) is 2.60. The summed E-state index contributed by atoms with van der Waals surface area (Å²) >= 11 is 0. The average Bonchev–Trinajstić information content (AvgIpc) is 2.29. The molecule has 0 saturated carbocycles. The van der Waals surface area contributed by atoms with E-state index >= 15 is 0 Å². The van der Waals surface area contributed by atoms with E-state index < -0.39 is 5.41 Å². The van der Waals surface area contributed by atoms with Gasteiger partial charge in [0.25, 0.3) is 0 Å². The van der Waals surface area contributed by atoms with E-state index in [4.69, 9.17) is 10.5 Å². The van der Waals surface area contributed by atoms with Crippen LogP contribution in [-0.2, 0) is 4.79 Å². The van der Waals surface area contributed by atoms with E-state index in [2.05, 4.69) is 10.3 Å². The van der Waals surface area contributed by atoms with Crippen LogP contribution in [-0.4, -0.2) is 24.5 Å². The third-order valence-corrected chi connectivity index (χ3v) is 2.60. The van der Waals surface area contributed by atoms with Gasteiger partial charge >= 0.3 is 0 Å². The molecule has 0 aliphatic heterocycles. The van der Waals surface area contributed by atoms with Crippen LogP contribution in [0.4, 0.5) is 5.69 Å². The number of aromatic nitrogens is 1. The molecule has 0 bridgehead atoms. The van der Waals surface area contributed by atoms with Crippen LogP contribution in [0, 0.1) is 5.41 Å². The zero-order valence-corrected chi connectivity index (χ0v) is 10.5. The molecule has 0 saturated heterocycles. The summed E-state index contributed by atoms with van der Waals surface area (Å²) in [6, 6.07) is 3.50. The molecule has 1 aromatic heterocycles. The van der Waals surface area contributed by atoms with Gasteiger partial charge in [-0.1, -0.05) is 13.8 Å². The van der Waals surface area contributed by atoms with E-state index in [1.807, 2.05) is 13.8 Å². The van der Waals surface area contributed by atoms with Crippen LogP contribution in [0.25, 0.3) is 0 Å². The minimum Gasteiger partial charge on any atom is -0.480 e. The zero-order chi connectivity index (χ0) is 12.9. The van der Waals surface area contributed by atoms with E-state index in [-0.39, 0.29) is 5.91 Å². The lowest BCUT2D eigenvalue weighted by molar-refractivity contribution is -0.124. The number of rotatable bonds is 5. The smallest absolute Gasteiger partial charge is 0.237 e. The molecule has 1 amide bonds. The topological polar surface area (TPSA) is 77.2 Å². The number of pyridine rings is 1. The fourth-order valence-electron chi connectivity index (χ4n) is 1.41. The number of hydrogen-bond acceptors (Lipinski definition) is 4. The van der Waals surface area contributed by atoms with Crippen molar-refractivity contribution in [1.29, 1.82) is 0 Å². The van der Waals surface area contributed by atoms with Crippen LogP contribution >= 0.6 is 0 Å². The first-order valence-electron chi connectivity index (χ1n) is 5.52. The molecule has 0 unspecified atom stereocenters. The first-order valence-corrected chi connectivity index (χ1v) is 5.52. The normalized spacial score (nSPS) is 11.1. The minimum atomic E-state index is -0.504. The summed E-state index contributed by atoms with van der Waals surface area (Å²) in [5.74, 6) is 0.318. The second kappa shape index (κ2) is 5.63. The highest BCUT2D eigenvalue weighted by Crippen LogP contribution is 2.25. The molecule has 5 heteroatoms. The molecule has 0 spiro atoms. The highest BCUT2D eigenvalue weighted by Gasteiger charge is 2.27. The molecule has 0 fully saturated rings. The van der Waals surface area contributed by atoms with Gasteiger partial charge in [-0.2, -0.15) is 0 Å². The van der Waals surface area contributed by atoms with Gasteiger partial charge in [-0.15, -0.1) is 0 Å². The highest BCUT2D eigenvalue weighted by atomic mass is 16.5. The number of hydrogen-bond donors (Lipinski definition) is 2. The summed E-state index contributed by atoms with van der Waals surface area (Å²) in [5, 5.41) is 2.80. The van der Waals surface area contributed by atoms with E-state index in [1.54, 1.807) is 18.3 Å². The zero-order valence-electron chi connectivity index (χ0n) is 10.5. The first-order chi connectivity index (χ1) is 8.01. The van der Waals surface area contributed by atoms with Crippen molar-refractivity contribution in [2.24, 2.45) is 11.1 Å². The van der Waals surface area contributed by atoms with Gasteiger partial charge in [0.05, 0.1) is 7.11 Å². The monoisotopic (exact) mass is 237 g/mol. The van der Waals surface area contributed by atoms with Crippen molar-refractivity contribution in [2.45, 2.75) is 20.3 Å². The van der Waals surface area contributed by atoms with Gasteiger partial charge < -0.3 is 15.8 Å². The third kappa shape index (κ3) is 3.42. The van der Waals surface area contributed by atoms with Gasteiger partial charge in [-0.25, -0.2) is 4.98 Å². The van der Waals surface area contributed by atoms with E-state index in [0.29, 0.717) is 24.5 Å². The second-order valence-electron chi connectivity index (χ2n) is 4.44. The highest BCUT2D eigenvalue weighted by molar-refractivity contribution is 5.95. The van der Waals surface area contributed by atoms with Crippen LogP contribution in [0.2, 0.25) is 0 Å². The van der Waals surface area contributed by atoms with Gasteiger partial charge in [0.2, 0.25) is 11.8 Å². The largest absolute Gasteiger partial charge is 0.480 e. The first kappa shape index (κ1) is 13.4. The maximum atomic E-state index is 12.0. The predicted octanol–water partition coefficient (Wildman–Crippen LogP) is 1.40. The van der Waals surface area contributed by atoms with Crippen LogP contribution < -0.4 is 15.8 Å². The molecule has 0 atom stereocenters. The fraction of sp³-hybridized carbons (Fsp3) is 0.500. The number of amides is 1. The Labute approximate surface area is 101 Å². The Kier molecular flexibility index (Phi) is 4.45. The lowest BCUT2D eigenvalue weighted by Gasteiger charge is -2.23. The van der Waals surface area contributed by atoms with Crippen LogP contribution in [0.15, 0.2) is 18.3 Å². The van der Waals surface area contributed by atoms with Crippen molar-refractivity contribution >= 4 is 11.6 Å². The molecule has 1 aromatic rings. The standard InChI is InChI=1S/C12H19N3O2/c1-12(2,6-7-13)11(16)15-9-5-4-8-14-10(9)17-3/h4-5,8H,6-7,13H2,1-3H3,(H,15,16). The number of nitrogens with one attached hydrogen (secondary N) is 1. The van der Waals surface area contributed by atoms with Gasteiger partial charge in [-0.05, 0) is 25.1 Å². The Balaban J connectivity index is 2.80. The lowest BCUT2D eigenvalue weighted by atomic mass is 9.88. The molecule has 0 aliphatic rings. The molecule has 1 rings (SSSR count). The van der Waals surface area contributed by atoms with Crippen molar-refractivity contribution in [3.05, 3.63) is 18.3 Å². The number of nitrogens with zero attached hydrogens (tertiary/aromatic N) is 1. The molecule has 94 valence electrons. The van der Waals surface area contributed by atoms with Crippen LogP contribution in [0.3, 0.4) is 0 Å². The number of carbonyl (C=O) groups is 1. The fourth-order valence-corrected chi connectivity index (χ4v) is 1.41. The van der Waals surface area contributed by atoms with Gasteiger partial charge in [0.1, 0.15) is 5.69 Å². The summed E-state index contributed by atoms with van der Waals surface area (Å²) in [7, 11) is 1.52. The summed E-state index contributed by atoms with van der Waals surface area (Å²) in [6.07, 6.45) is 2.24. The SMILES string of the molecule is COc1ncccc1NC(=O)C(C)(C)CCN. The average molecular weight is 237 g/mol. The summed E-state index contributed by atoms with van der Waals surface area (Å²) < 4.78 is 5.07. The van der Waals surface area contributed by atoms with E-state index in [0.717, 1.165) is 0 Å². The summed E-state index contributed by atoms with van der Waals surface area (Å²) in [6.45, 7) is 4.20. The van der Waals surface area contributed by atoms with Crippen molar-refractivity contribution in [2.75, 3.05) is 19.0 Å². The number of ether oxygens (including phenoxy) is 1. The van der Waals surface area contributed by atoms with E-state index in [9.17, 15) is 4.79 Å². The summed E-state index contributed by atoms with van der Waals surface area (Å²) in [4.78, 5) is 16.1. The van der Waals surface area contributed by atoms with Crippen molar-refractivity contribution in [1.82, 2.24) is 4.98 Å². The van der Waals surface area contributed by atoms with Crippen molar-refractivity contribution in [3.8, 4) is 5.88 Å². The number of methoxy groups -OCH3 is 1. The number of anilines is 1.